The number of hydrogen-bond acceptors (Lipinski definition) is 12. The molecule has 0 N–H and O–H groups in total. The summed E-state index contributed by atoms with van der Waals surface area (Å²) < 4.78 is 58.8. The molecule has 4 aromatic rings. The summed E-state index contributed by atoms with van der Waals surface area (Å²) in [5, 5.41) is 0. The smallest absolute Gasteiger partial charge is 0.343 e. The molecule has 0 saturated heterocycles. The average Bonchev–Trinajstić information content (AvgIpc) is 3.23. The Labute approximate surface area is 332 Å². The number of rotatable bonds is 24. The van der Waals surface area contributed by atoms with Crippen molar-refractivity contribution in [3.05, 3.63) is 133 Å². The summed E-state index contributed by atoms with van der Waals surface area (Å²) in [6.45, 7) is 8.44. The summed E-state index contributed by atoms with van der Waals surface area (Å²) in [5.74, 6) is -0.543. The fraction of sp³-hybridized carbons (Fsp3) is 0.273. The zero-order valence-electron chi connectivity index (χ0n) is 31.6. The van der Waals surface area contributed by atoms with Gasteiger partial charge in [-0.05, 0) is 148 Å². The molecule has 0 fully saturated rings. The number of benzene rings is 4. The third-order valence-electron chi connectivity index (χ3n) is 8.31. The maximum atomic E-state index is 13.3. The molecule has 300 valence electrons. The molecule has 4 rings (SSSR count). The molecule has 0 saturated carbocycles. The summed E-state index contributed by atoms with van der Waals surface area (Å²) in [4.78, 5) is 47.5. The summed E-state index contributed by atoms with van der Waals surface area (Å²) in [7, 11) is -3.93. The van der Waals surface area contributed by atoms with E-state index in [9.17, 15) is 27.6 Å². The number of carbonyl (C=O) groups excluding carboxylic acids is 4. The molecule has 4 aromatic carbocycles. The van der Waals surface area contributed by atoms with Crippen molar-refractivity contribution in [2.75, 3.05) is 26.4 Å². The summed E-state index contributed by atoms with van der Waals surface area (Å²) in [6.07, 6.45) is 9.09. The molecule has 13 heteroatoms. The Kier molecular flexibility index (Phi) is 17.6. The van der Waals surface area contributed by atoms with Crippen molar-refractivity contribution in [3.63, 3.8) is 0 Å². The van der Waals surface area contributed by atoms with E-state index >= 15 is 0 Å². The van der Waals surface area contributed by atoms with Crippen molar-refractivity contribution in [2.24, 2.45) is 0 Å². The lowest BCUT2D eigenvalue weighted by atomic mass is 10.2. The van der Waals surface area contributed by atoms with Crippen LogP contribution in [0.15, 0.2) is 132 Å². The molecule has 0 bridgehead atoms. The first-order chi connectivity index (χ1) is 27.6. The third-order valence-corrected chi connectivity index (χ3v) is 10.1. The molecule has 0 atom stereocenters. The van der Waals surface area contributed by atoms with E-state index in [1.165, 1.54) is 48.5 Å². The Morgan fingerprint density at radius 3 is 1.09 bits per heavy atom. The largest absolute Gasteiger partial charge is 0.494 e. The fourth-order valence-electron chi connectivity index (χ4n) is 5.17. The van der Waals surface area contributed by atoms with Crippen molar-refractivity contribution in [1.29, 1.82) is 0 Å². The lowest BCUT2D eigenvalue weighted by Crippen LogP contribution is -2.09. The van der Waals surface area contributed by atoms with Crippen LogP contribution >= 0.6 is 0 Å². The number of esters is 4. The van der Waals surface area contributed by atoms with Gasteiger partial charge in [0.15, 0.2) is 0 Å². The highest BCUT2D eigenvalue weighted by Gasteiger charge is 2.19. The minimum absolute atomic E-state index is 0.0153. The molecular formula is C44H46O12S. The molecule has 0 aliphatic heterocycles. The molecule has 0 heterocycles. The highest BCUT2D eigenvalue weighted by molar-refractivity contribution is 7.91. The van der Waals surface area contributed by atoms with Gasteiger partial charge in [-0.25, -0.2) is 27.6 Å². The molecule has 57 heavy (non-hydrogen) atoms. The van der Waals surface area contributed by atoms with E-state index in [0.29, 0.717) is 49.1 Å². The van der Waals surface area contributed by atoms with E-state index in [4.69, 9.17) is 28.4 Å². The van der Waals surface area contributed by atoms with Gasteiger partial charge in [-0.1, -0.05) is 13.2 Å². The van der Waals surface area contributed by atoms with E-state index in [-0.39, 0.29) is 21.3 Å². The van der Waals surface area contributed by atoms with Gasteiger partial charge in [0.1, 0.15) is 23.0 Å². The minimum Gasteiger partial charge on any atom is -0.494 e. The van der Waals surface area contributed by atoms with E-state index in [0.717, 1.165) is 63.5 Å². The second-order valence-electron chi connectivity index (χ2n) is 12.5. The molecule has 0 aliphatic carbocycles. The lowest BCUT2D eigenvalue weighted by molar-refractivity contribution is -0.138. The van der Waals surface area contributed by atoms with Crippen molar-refractivity contribution < 1.29 is 56.0 Å². The van der Waals surface area contributed by atoms with Gasteiger partial charge in [0.25, 0.3) is 0 Å². The van der Waals surface area contributed by atoms with Crippen LogP contribution in [0.25, 0.3) is 0 Å². The average molecular weight is 799 g/mol. The Hall–Kier alpha value is -6.21. The van der Waals surface area contributed by atoms with E-state index in [1.54, 1.807) is 48.5 Å². The molecular weight excluding hydrogens is 753 g/mol. The zero-order valence-corrected chi connectivity index (χ0v) is 32.4. The van der Waals surface area contributed by atoms with E-state index in [1.807, 2.05) is 0 Å². The summed E-state index contributed by atoms with van der Waals surface area (Å²) in [6, 6.07) is 24.0. The van der Waals surface area contributed by atoms with Gasteiger partial charge in [-0.15, -0.1) is 0 Å². The van der Waals surface area contributed by atoms with E-state index < -0.39 is 33.7 Å². The topological polar surface area (TPSA) is 158 Å². The van der Waals surface area contributed by atoms with Crippen molar-refractivity contribution >= 4 is 33.7 Å². The molecule has 0 aliphatic rings. The van der Waals surface area contributed by atoms with Crippen LogP contribution in [0.4, 0.5) is 0 Å². The Bertz CT molecular complexity index is 1900. The van der Waals surface area contributed by atoms with Gasteiger partial charge in [0.2, 0.25) is 9.84 Å². The van der Waals surface area contributed by atoms with E-state index in [2.05, 4.69) is 13.2 Å². The monoisotopic (exact) mass is 798 g/mol. The first-order valence-electron chi connectivity index (χ1n) is 18.5. The highest BCUT2D eigenvalue weighted by Crippen LogP contribution is 2.26. The second-order valence-corrected chi connectivity index (χ2v) is 14.5. The first kappa shape index (κ1) is 43.5. The zero-order chi connectivity index (χ0) is 40.9. The standard InChI is InChI=1S/C44H46O12S/c1-3-41(45)53-31-11-7-5-9-29-51-35-17-13-33(14-18-35)43(47)55-37-21-25-39(26-22-37)57(49,50)40-27-23-38(24-28-40)56-44(48)34-15-19-36(20-16-34)52-30-10-6-8-12-32-54-42(46)4-2/h3-4,13-28H,1-2,5-12,29-32H2. The molecule has 0 unspecified atom stereocenters. The van der Waals surface area contributed by atoms with Crippen LogP contribution in [0.3, 0.4) is 0 Å². The lowest BCUT2D eigenvalue weighted by Gasteiger charge is -2.10. The molecule has 0 spiro atoms. The van der Waals surface area contributed by atoms with Crippen LogP contribution in [0.1, 0.15) is 72.1 Å². The van der Waals surface area contributed by atoms with Crippen molar-refractivity contribution in [2.45, 2.75) is 61.2 Å². The predicted octanol–water partition coefficient (Wildman–Crippen LogP) is 8.29. The van der Waals surface area contributed by atoms with Crippen LogP contribution in [0, 0.1) is 0 Å². The SMILES string of the molecule is C=CC(=O)OCCCCCCOc1ccc(C(=O)Oc2ccc(S(=O)(=O)c3ccc(OC(=O)c4ccc(OCCCCCCOC(=O)C=C)cc4)cc3)cc2)cc1. The predicted molar refractivity (Wildman–Crippen MR) is 211 cm³/mol. The number of sulfone groups is 1. The number of ether oxygens (including phenoxy) is 6. The molecule has 12 nitrogen and oxygen atoms in total. The van der Waals surface area contributed by atoms with Crippen molar-refractivity contribution in [1.82, 2.24) is 0 Å². The fourth-order valence-corrected chi connectivity index (χ4v) is 6.44. The Morgan fingerprint density at radius 2 is 0.754 bits per heavy atom. The highest BCUT2D eigenvalue weighted by atomic mass is 32.2. The van der Waals surface area contributed by atoms with Gasteiger partial charge in [-0.3, -0.25) is 0 Å². The molecule has 0 radical (unpaired) electrons. The van der Waals surface area contributed by atoms with Gasteiger partial charge >= 0.3 is 23.9 Å². The quantitative estimate of drug-likeness (QED) is 0.0290. The van der Waals surface area contributed by atoms with Gasteiger partial charge in [-0.2, -0.15) is 0 Å². The first-order valence-corrected chi connectivity index (χ1v) is 20.0. The van der Waals surface area contributed by atoms with Crippen LogP contribution in [0.5, 0.6) is 23.0 Å². The third kappa shape index (κ3) is 14.8. The van der Waals surface area contributed by atoms with Crippen LogP contribution in [-0.2, 0) is 28.9 Å². The normalized spacial score (nSPS) is 10.8. The molecule has 0 amide bonds. The van der Waals surface area contributed by atoms with Gasteiger partial charge < -0.3 is 28.4 Å². The molecule has 0 aromatic heterocycles. The number of carbonyl (C=O) groups is 4. The van der Waals surface area contributed by atoms with Crippen LogP contribution < -0.4 is 18.9 Å². The Morgan fingerprint density at radius 1 is 0.439 bits per heavy atom. The summed E-state index contributed by atoms with van der Waals surface area (Å²) in [5.41, 5.74) is 0.586. The Balaban J connectivity index is 1.17. The van der Waals surface area contributed by atoms with Gasteiger partial charge in [0.05, 0.1) is 47.3 Å². The van der Waals surface area contributed by atoms with Crippen molar-refractivity contribution in [3.8, 4) is 23.0 Å². The maximum Gasteiger partial charge on any atom is 0.343 e. The maximum absolute atomic E-state index is 13.3. The van der Waals surface area contributed by atoms with Crippen LogP contribution in [0.2, 0.25) is 0 Å². The van der Waals surface area contributed by atoms with Crippen LogP contribution in [-0.4, -0.2) is 58.7 Å². The van der Waals surface area contributed by atoms with Gasteiger partial charge in [0, 0.05) is 12.2 Å². The number of hydrogen-bond donors (Lipinski definition) is 0. The second kappa shape index (κ2) is 23.0. The summed E-state index contributed by atoms with van der Waals surface area (Å²) >= 11 is 0. The minimum atomic E-state index is -3.93. The number of unbranched alkanes of at least 4 members (excludes halogenated alkanes) is 6.